The van der Waals surface area contributed by atoms with Crippen molar-refractivity contribution in [3.05, 3.63) is 212 Å². The predicted octanol–water partition coefficient (Wildman–Crippen LogP) is 14.5. The van der Waals surface area contributed by atoms with Crippen LogP contribution in [0.15, 0.2) is 212 Å². The van der Waals surface area contributed by atoms with Crippen LogP contribution in [0.2, 0.25) is 0 Å². The van der Waals surface area contributed by atoms with E-state index in [4.69, 9.17) is 0 Å². The second kappa shape index (κ2) is 13.9. The van der Waals surface area contributed by atoms with Crippen LogP contribution in [0.5, 0.6) is 0 Å². The molecule has 8 aromatic carbocycles. The third-order valence-electron chi connectivity index (χ3n) is 9.37. The van der Waals surface area contributed by atoms with Crippen LogP contribution in [0.4, 0.5) is 51.2 Å². The van der Waals surface area contributed by atoms with E-state index in [2.05, 4.69) is 227 Å². The summed E-state index contributed by atoms with van der Waals surface area (Å²) in [6.45, 7) is 0. The third-order valence-corrected chi connectivity index (χ3v) is 10.6. The van der Waals surface area contributed by atoms with Gasteiger partial charge in [-0.15, -0.1) is 11.3 Å². The number of rotatable bonds is 9. The second-order valence-electron chi connectivity index (χ2n) is 12.6. The molecule has 0 radical (unpaired) electrons. The first-order valence-electron chi connectivity index (χ1n) is 17.5. The zero-order valence-corrected chi connectivity index (χ0v) is 29.3. The summed E-state index contributed by atoms with van der Waals surface area (Å²) in [4.78, 5) is 7.15. The zero-order chi connectivity index (χ0) is 34.7. The summed E-state index contributed by atoms with van der Waals surface area (Å²) >= 11 is 1.86. The molecule has 9 aromatic rings. The first-order valence-corrected chi connectivity index (χ1v) is 18.4. The average Bonchev–Trinajstić information content (AvgIpc) is 3.60. The molecule has 1 aromatic heterocycles. The molecule has 0 aliphatic rings. The van der Waals surface area contributed by atoms with Crippen LogP contribution in [-0.2, 0) is 0 Å². The highest BCUT2D eigenvalue weighted by atomic mass is 32.1. The molecule has 3 nitrogen and oxygen atoms in total. The molecule has 1 heterocycles. The van der Waals surface area contributed by atoms with Gasteiger partial charge in [0.25, 0.3) is 0 Å². The highest BCUT2D eigenvalue weighted by Gasteiger charge is 2.24. The Bertz CT molecular complexity index is 2440. The number of thiophene rings is 1. The van der Waals surface area contributed by atoms with E-state index in [1.165, 1.54) is 20.2 Å². The van der Waals surface area contributed by atoms with Gasteiger partial charge in [-0.3, -0.25) is 0 Å². The van der Waals surface area contributed by atoms with Crippen LogP contribution in [0, 0.1) is 0 Å². The zero-order valence-electron chi connectivity index (χ0n) is 28.5. The summed E-state index contributed by atoms with van der Waals surface area (Å²) in [7, 11) is 0. The molecular weight excluding hydrogens is 651 g/mol. The lowest BCUT2D eigenvalue weighted by Crippen LogP contribution is -2.13. The largest absolute Gasteiger partial charge is 0.310 e. The van der Waals surface area contributed by atoms with Gasteiger partial charge in [0.15, 0.2) is 0 Å². The number of nitrogens with zero attached hydrogens (tertiary/aromatic N) is 3. The minimum Gasteiger partial charge on any atom is -0.310 e. The molecule has 9 rings (SSSR count). The highest BCUT2D eigenvalue weighted by Crippen LogP contribution is 2.51. The molecule has 0 saturated carbocycles. The Morgan fingerprint density at radius 1 is 0.250 bits per heavy atom. The molecule has 4 heteroatoms. The number of fused-ring (bicyclic) bond motifs is 3. The molecule has 0 saturated heterocycles. The van der Waals surface area contributed by atoms with Gasteiger partial charge < -0.3 is 14.7 Å². The van der Waals surface area contributed by atoms with Gasteiger partial charge in [-0.05, 0) is 91.0 Å². The number of hydrogen-bond acceptors (Lipinski definition) is 4. The SMILES string of the molecule is c1ccc(N(c2ccccc2)c2cc(N(c3ccccc3)c3ccccc3)c3sc4c(N(c5ccccc5)c5ccccc5)cccc4c3c2)cc1. The quantitative estimate of drug-likeness (QED) is 0.150. The maximum absolute atomic E-state index is 2.40. The van der Waals surface area contributed by atoms with E-state index in [1.54, 1.807) is 0 Å². The Labute approximate surface area is 308 Å². The normalized spacial score (nSPS) is 11.1. The highest BCUT2D eigenvalue weighted by molar-refractivity contribution is 7.27. The fourth-order valence-corrected chi connectivity index (χ4v) is 8.38. The van der Waals surface area contributed by atoms with Crippen LogP contribution in [0.1, 0.15) is 0 Å². The smallest absolute Gasteiger partial charge is 0.0661 e. The first kappa shape index (κ1) is 31.4. The Morgan fingerprint density at radius 2 is 0.596 bits per heavy atom. The topological polar surface area (TPSA) is 9.72 Å². The summed E-state index contributed by atoms with van der Waals surface area (Å²) in [6, 6.07) is 75.6. The fourth-order valence-electron chi connectivity index (χ4n) is 7.09. The van der Waals surface area contributed by atoms with Crippen LogP contribution < -0.4 is 14.7 Å². The Morgan fingerprint density at radius 3 is 1.00 bits per heavy atom. The van der Waals surface area contributed by atoms with E-state index in [1.807, 2.05) is 11.3 Å². The maximum atomic E-state index is 2.40. The number of anilines is 9. The van der Waals surface area contributed by atoms with E-state index < -0.39 is 0 Å². The van der Waals surface area contributed by atoms with E-state index in [0.717, 1.165) is 51.2 Å². The van der Waals surface area contributed by atoms with Crippen molar-refractivity contribution < 1.29 is 0 Å². The lowest BCUT2D eigenvalue weighted by atomic mass is 10.1. The summed E-state index contributed by atoms with van der Waals surface area (Å²) in [5.74, 6) is 0. The molecule has 52 heavy (non-hydrogen) atoms. The maximum Gasteiger partial charge on any atom is 0.0661 e. The molecule has 0 aliphatic carbocycles. The minimum absolute atomic E-state index is 1.09. The molecule has 0 bridgehead atoms. The third kappa shape index (κ3) is 5.85. The van der Waals surface area contributed by atoms with Gasteiger partial charge >= 0.3 is 0 Å². The van der Waals surface area contributed by atoms with Crippen molar-refractivity contribution in [2.24, 2.45) is 0 Å². The second-order valence-corrected chi connectivity index (χ2v) is 13.6. The molecule has 0 N–H and O–H groups in total. The lowest BCUT2D eigenvalue weighted by molar-refractivity contribution is 1.26. The van der Waals surface area contributed by atoms with Gasteiger partial charge in [-0.2, -0.15) is 0 Å². The van der Waals surface area contributed by atoms with Crippen molar-refractivity contribution in [1.82, 2.24) is 0 Å². The van der Waals surface area contributed by atoms with Crippen molar-refractivity contribution in [1.29, 1.82) is 0 Å². The number of hydrogen-bond donors (Lipinski definition) is 0. The Hall–Kier alpha value is -6.62. The van der Waals surface area contributed by atoms with E-state index in [9.17, 15) is 0 Å². The van der Waals surface area contributed by atoms with Gasteiger partial charge in [0.2, 0.25) is 0 Å². The van der Waals surface area contributed by atoms with Gasteiger partial charge in [0.05, 0.1) is 20.8 Å². The predicted molar refractivity (Wildman–Crippen MR) is 223 cm³/mol. The Balaban J connectivity index is 1.38. The van der Waals surface area contributed by atoms with Crippen LogP contribution >= 0.6 is 11.3 Å². The average molecular weight is 686 g/mol. The van der Waals surface area contributed by atoms with Crippen LogP contribution in [0.25, 0.3) is 20.2 Å². The van der Waals surface area contributed by atoms with Crippen molar-refractivity contribution in [2.45, 2.75) is 0 Å². The molecular formula is C48H35N3S. The van der Waals surface area contributed by atoms with Crippen LogP contribution in [0.3, 0.4) is 0 Å². The number of para-hydroxylation sites is 6. The summed E-state index contributed by atoms with van der Waals surface area (Å²) < 4.78 is 2.46. The van der Waals surface area contributed by atoms with E-state index >= 15 is 0 Å². The van der Waals surface area contributed by atoms with Crippen LogP contribution in [-0.4, -0.2) is 0 Å². The molecule has 248 valence electrons. The lowest BCUT2D eigenvalue weighted by Gasteiger charge is -2.30. The van der Waals surface area contributed by atoms with Crippen molar-refractivity contribution in [3.63, 3.8) is 0 Å². The first-order chi connectivity index (χ1) is 25.8. The Kier molecular flexibility index (Phi) is 8.41. The van der Waals surface area contributed by atoms with Gasteiger partial charge in [0.1, 0.15) is 0 Å². The summed E-state index contributed by atoms with van der Waals surface area (Å²) in [5, 5.41) is 2.43. The van der Waals surface area contributed by atoms with E-state index in [-0.39, 0.29) is 0 Å². The van der Waals surface area contributed by atoms with E-state index in [0.29, 0.717) is 0 Å². The molecule has 0 spiro atoms. The number of benzene rings is 8. The van der Waals surface area contributed by atoms with Gasteiger partial charge in [-0.1, -0.05) is 121 Å². The van der Waals surface area contributed by atoms with Crippen molar-refractivity contribution in [2.75, 3.05) is 14.7 Å². The molecule has 0 atom stereocenters. The molecule has 0 fully saturated rings. The van der Waals surface area contributed by atoms with Crippen molar-refractivity contribution in [3.8, 4) is 0 Å². The summed E-state index contributed by atoms with van der Waals surface area (Å²) in [5.41, 5.74) is 10.0. The monoisotopic (exact) mass is 685 g/mol. The van der Waals surface area contributed by atoms with Crippen molar-refractivity contribution >= 4 is 82.7 Å². The standard InChI is InChI=1S/C48H35N3S/c1-7-20-36(21-8-1)49(37-22-9-2-10-23-37)42-34-44-43-32-19-33-45(50(38-24-11-3-12-25-38)39-26-13-4-14-27-39)47(43)52-48(44)46(35-42)51(40-28-15-5-16-29-40)41-30-17-6-18-31-41/h1-35H. The molecule has 0 unspecified atom stereocenters. The summed E-state index contributed by atoms with van der Waals surface area (Å²) in [6.07, 6.45) is 0. The molecule has 0 aliphatic heterocycles. The molecule has 0 amide bonds. The van der Waals surface area contributed by atoms with Gasteiger partial charge in [-0.25, -0.2) is 0 Å². The van der Waals surface area contributed by atoms with Gasteiger partial charge in [0, 0.05) is 50.6 Å². The minimum atomic E-state index is 1.09. The fraction of sp³-hybridized carbons (Fsp3) is 0.